The molecule has 0 bridgehead atoms. The van der Waals surface area contributed by atoms with Gasteiger partial charge >= 0.3 is 0 Å². The number of carbonyl (C=O) groups is 2. The van der Waals surface area contributed by atoms with Crippen LogP contribution in [0.4, 0.5) is 10.1 Å². The van der Waals surface area contributed by atoms with Crippen LogP contribution in [0.25, 0.3) is 0 Å². The monoisotopic (exact) mass is 334 g/mol. The molecular formula is C15H19FN6O2. The number of nitrogens with one attached hydrogen (secondary N) is 1. The van der Waals surface area contributed by atoms with Gasteiger partial charge in [-0.1, -0.05) is 0 Å². The van der Waals surface area contributed by atoms with Gasteiger partial charge in [-0.3, -0.25) is 9.59 Å². The lowest BCUT2D eigenvalue weighted by molar-refractivity contribution is -0.119. The fourth-order valence-electron chi connectivity index (χ4n) is 2.72. The van der Waals surface area contributed by atoms with E-state index >= 15 is 0 Å². The number of benzene rings is 1. The fraction of sp³-hybridized carbons (Fsp3) is 0.333. The Hall–Kier alpha value is -2.97. The summed E-state index contributed by atoms with van der Waals surface area (Å²) in [5.41, 5.74) is 17.2. The van der Waals surface area contributed by atoms with Crippen molar-refractivity contribution >= 4 is 29.3 Å². The molecule has 0 aromatic heterocycles. The average molecular weight is 334 g/mol. The molecular weight excluding hydrogens is 315 g/mol. The standard InChI is InChI=1S/C15H19FN6O2/c1-6-8-3-4-10(20-7(2)23)13(24)12(8)11(5-9(6)16)21-15(19)22-14(17)18/h5,10H,3-4H2,1-2H3,(H,20,23)(H6,17,18,19,21,22). The highest BCUT2D eigenvalue weighted by Gasteiger charge is 2.32. The van der Waals surface area contributed by atoms with Crippen LogP contribution in [-0.4, -0.2) is 29.7 Å². The summed E-state index contributed by atoms with van der Waals surface area (Å²) in [6, 6.07) is 0.426. The van der Waals surface area contributed by atoms with Gasteiger partial charge in [-0.25, -0.2) is 9.38 Å². The number of carbonyl (C=O) groups excluding carboxylic acids is 2. The van der Waals surface area contributed by atoms with Crippen molar-refractivity contribution in [3.8, 4) is 0 Å². The summed E-state index contributed by atoms with van der Waals surface area (Å²) < 4.78 is 14.1. The minimum atomic E-state index is -0.682. The zero-order valence-electron chi connectivity index (χ0n) is 13.4. The molecule has 1 aliphatic rings. The van der Waals surface area contributed by atoms with Gasteiger partial charge in [0.25, 0.3) is 0 Å². The van der Waals surface area contributed by atoms with Crippen LogP contribution in [0.5, 0.6) is 0 Å². The molecule has 1 unspecified atom stereocenters. The van der Waals surface area contributed by atoms with Crippen molar-refractivity contribution in [2.24, 2.45) is 27.2 Å². The van der Waals surface area contributed by atoms with Crippen LogP contribution < -0.4 is 22.5 Å². The van der Waals surface area contributed by atoms with E-state index in [0.717, 1.165) is 6.07 Å². The van der Waals surface area contributed by atoms with Crippen molar-refractivity contribution in [2.75, 3.05) is 0 Å². The zero-order valence-corrected chi connectivity index (χ0v) is 13.4. The van der Waals surface area contributed by atoms with Gasteiger partial charge in [0.1, 0.15) is 5.82 Å². The van der Waals surface area contributed by atoms with E-state index in [-0.39, 0.29) is 34.9 Å². The highest BCUT2D eigenvalue weighted by molar-refractivity contribution is 6.08. The van der Waals surface area contributed by atoms with Crippen molar-refractivity contribution < 1.29 is 14.0 Å². The Kier molecular flexibility index (Phi) is 4.82. The third-order valence-electron chi connectivity index (χ3n) is 3.73. The summed E-state index contributed by atoms with van der Waals surface area (Å²) in [5, 5.41) is 2.59. The minimum absolute atomic E-state index is 0.0376. The smallest absolute Gasteiger partial charge is 0.223 e. The number of guanidine groups is 2. The van der Waals surface area contributed by atoms with Gasteiger partial charge in [0.2, 0.25) is 11.9 Å². The average Bonchev–Trinajstić information content (AvgIpc) is 2.45. The number of aliphatic imine (C=N–C) groups is 2. The lowest BCUT2D eigenvalue weighted by atomic mass is 9.83. The van der Waals surface area contributed by atoms with Gasteiger partial charge in [-0.15, -0.1) is 0 Å². The Morgan fingerprint density at radius 2 is 2.04 bits per heavy atom. The number of nitrogens with two attached hydrogens (primary N) is 3. The summed E-state index contributed by atoms with van der Waals surface area (Å²) in [5.74, 6) is -1.77. The quantitative estimate of drug-likeness (QED) is 0.443. The van der Waals surface area contributed by atoms with Gasteiger partial charge in [0.15, 0.2) is 11.7 Å². The molecule has 0 fully saturated rings. The molecule has 1 aromatic carbocycles. The Morgan fingerprint density at radius 3 is 2.62 bits per heavy atom. The molecule has 0 saturated carbocycles. The number of amides is 1. The Labute approximate surface area is 138 Å². The van der Waals surface area contributed by atoms with Gasteiger partial charge in [-0.05, 0) is 30.9 Å². The van der Waals surface area contributed by atoms with Gasteiger partial charge in [-0.2, -0.15) is 4.99 Å². The number of nitrogens with zero attached hydrogens (tertiary/aromatic N) is 2. The molecule has 24 heavy (non-hydrogen) atoms. The van der Waals surface area contributed by atoms with E-state index in [1.807, 2.05) is 0 Å². The van der Waals surface area contributed by atoms with Crippen LogP contribution in [-0.2, 0) is 11.2 Å². The molecule has 0 radical (unpaired) electrons. The topological polar surface area (TPSA) is 149 Å². The highest BCUT2D eigenvalue weighted by Crippen LogP contribution is 2.34. The molecule has 1 aromatic rings. The predicted octanol–water partition coefficient (Wildman–Crippen LogP) is -0.0127. The summed E-state index contributed by atoms with van der Waals surface area (Å²) in [6.07, 6.45) is 0.822. The van der Waals surface area contributed by atoms with E-state index < -0.39 is 11.9 Å². The van der Waals surface area contributed by atoms with Crippen LogP contribution in [0, 0.1) is 12.7 Å². The number of hydrogen-bond acceptors (Lipinski definition) is 3. The number of halogens is 1. The molecule has 9 heteroatoms. The number of Topliss-reactive ketones (excluding diaryl/α,β-unsaturated/α-hetero) is 1. The van der Waals surface area contributed by atoms with Crippen LogP contribution in [0.1, 0.15) is 34.8 Å². The normalized spacial score (nSPS) is 17.2. The van der Waals surface area contributed by atoms with Crippen molar-refractivity contribution in [2.45, 2.75) is 32.7 Å². The molecule has 0 aliphatic heterocycles. The second-order valence-corrected chi connectivity index (χ2v) is 5.52. The van der Waals surface area contributed by atoms with Crippen molar-refractivity contribution in [1.29, 1.82) is 0 Å². The van der Waals surface area contributed by atoms with E-state index in [1.54, 1.807) is 6.92 Å². The lowest BCUT2D eigenvalue weighted by Crippen LogP contribution is -2.42. The molecule has 1 aliphatic carbocycles. The first kappa shape index (κ1) is 17.4. The number of hydrogen-bond donors (Lipinski definition) is 4. The molecule has 1 amide bonds. The van der Waals surface area contributed by atoms with Gasteiger partial charge in [0, 0.05) is 18.6 Å². The Balaban J connectivity index is 2.59. The SMILES string of the molecule is CC(=O)NC1CCc2c(C)c(F)cc(N=C(N)N=C(N)N)c2C1=O. The minimum Gasteiger partial charge on any atom is -0.370 e. The van der Waals surface area contributed by atoms with Crippen molar-refractivity contribution in [3.05, 3.63) is 28.6 Å². The Morgan fingerprint density at radius 1 is 1.38 bits per heavy atom. The van der Waals surface area contributed by atoms with Crippen LogP contribution >= 0.6 is 0 Å². The fourth-order valence-corrected chi connectivity index (χ4v) is 2.72. The van der Waals surface area contributed by atoms with Crippen molar-refractivity contribution in [3.63, 3.8) is 0 Å². The maximum absolute atomic E-state index is 14.1. The van der Waals surface area contributed by atoms with Crippen LogP contribution in [0.3, 0.4) is 0 Å². The number of rotatable bonds is 2. The van der Waals surface area contributed by atoms with Gasteiger partial charge in [0.05, 0.1) is 11.7 Å². The molecule has 8 nitrogen and oxygen atoms in total. The molecule has 128 valence electrons. The van der Waals surface area contributed by atoms with E-state index in [4.69, 9.17) is 17.2 Å². The van der Waals surface area contributed by atoms with E-state index in [2.05, 4.69) is 15.3 Å². The predicted molar refractivity (Wildman–Crippen MR) is 88.5 cm³/mol. The highest BCUT2D eigenvalue weighted by atomic mass is 19.1. The van der Waals surface area contributed by atoms with E-state index in [0.29, 0.717) is 24.0 Å². The van der Waals surface area contributed by atoms with E-state index in [1.165, 1.54) is 6.92 Å². The summed E-state index contributed by atoms with van der Waals surface area (Å²) >= 11 is 0. The van der Waals surface area contributed by atoms with Crippen LogP contribution in [0.15, 0.2) is 16.1 Å². The molecule has 1 atom stereocenters. The maximum atomic E-state index is 14.1. The first-order chi connectivity index (χ1) is 11.2. The van der Waals surface area contributed by atoms with Gasteiger partial charge < -0.3 is 22.5 Å². The molecule has 0 saturated heterocycles. The first-order valence-electron chi connectivity index (χ1n) is 7.27. The molecule has 0 spiro atoms. The maximum Gasteiger partial charge on any atom is 0.223 e. The third-order valence-corrected chi connectivity index (χ3v) is 3.73. The number of ketones is 1. The summed E-state index contributed by atoms with van der Waals surface area (Å²) in [6.45, 7) is 2.92. The largest absolute Gasteiger partial charge is 0.370 e. The lowest BCUT2D eigenvalue weighted by Gasteiger charge is -2.26. The molecule has 2 rings (SSSR count). The first-order valence-corrected chi connectivity index (χ1v) is 7.27. The summed E-state index contributed by atoms with van der Waals surface area (Å²) in [7, 11) is 0. The summed E-state index contributed by atoms with van der Waals surface area (Å²) in [4.78, 5) is 31.5. The molecule has 7 N–H and O–H groups in total. The second kappa shape index (κ2) is 6.65. The Bertz CT molecular complexity index is 768. The second-order valence-electron chi connectivity index (χ2n) is 5.52. The zero-order chi connectivity index (χ0) is 18.0. The third kappa shape index (κ3) is 3.50. The van der Waals surface area contributed by atoms with Crippen LogP contribution in [0.2, 0.25) is 0 Å². The number of fused-ring (bicyclic) bond motifs is 1. The molecule has 0 heterocycles. The van der Waals surface area contributed by atoms with E-state index in [9.17, 15) is 14.0 Å². The van der Waals surface area contributed by atoms with Crippen molar-refractivity contribution in [1.82, 2.24) is 5.32 Å².